The summed E-state index contributed by atoms with van der Waals surface area (Å²) in [5.41, 5.74) is 5.94. The van der Waals surface area contributed by atoms with Crippen LogP contribution in [0.3, 0.4) is 0 Å². The normalized spacial score (nSPS) is 21.8. The molecule has 2 aromatic heterocycles. The minimum Gasteiger partial charge on any atom is -0.351 e. The zero-order chi connectivity index (χ0) is 14.8. The van der Waals surface area contributed by atoms with Crippen LogP contribution < -0.4 is 16.7 Å². The Morgan fingerprint density at radius 3 is 3.05 bits per heavy atom. The molecule has 1 aliphatic rings. The molecule has 0 saturated heterocycles. The standard InChI is InChI=1S/C14H19N5O2/c15-8-10-4-3-5-11(10)16-13(20)9-19-14(21)18-7-2-1-6-12(18)17-19/h1-2,6-7,10-11H,3-5,8-9,15H2,(H,16,20). The lowest BCUT2D eigenvalue weighted by atomic mass is 10.0. The molecule has 2 unspecified atom stereocenters. The number of amides is 1. The molecule has 0 spiro atoms. The molecule has 1 amide bonds. The van der Waals surface area contributed by atoms with Crippen LogP contribution in [0.15, 0.2) is 29.2 Å². The summed E-state index contributed by atoms with van der Waals surface area (Å²) in [6, 6.07) is 5.41. The highest BCUT2D eigenvalue weighted by atomic mass is 16.2. The SMILES string of the molecule is NCC1CCCC1NC(=O)Cn1nc2ccccn2c1=O. The number of hydrogen-bond acceptors (Lipinski definition) is 4. The van der Waals surface area contributed by atoms with Gasteiger partial charge in [0.15, 0.2) is 5.65 Å². The molecule has 2 atom stereocenters. The summed E-state index contributed by atoms with van der Waals surface area (Å²) in [5.74, 6) is 0.151. The summed E-state index contributed by atoms with van der Waals surface area (Å²) in [6.07, 6.45) is 4.73. The van der Waals surface area contributed by atoms with Gasteiger partial charge in [0.25, 0.3) is 0 Å². The fourth-order valence-electron chi connectivity index (χ4n) is 2.97. The molecule has 0 aromatic carbocycles. The van der Waals surface area contributed by atoms with Crippen molar-refractivity contribution in [2.24, 2.45) is 11.7 Å². The van der Waals surface area contributed by atoms with E-state index in [1.807, 2.05) is 0 Å². The average molecular weight is 289 g/mol. The topological polar surface area (TPSA) is 94.4 Å². The zero-order valence-corrected chi connectivity index (χ0v) is 11.7. The van der Waals surface area contributed by atoms with E-state index in [4.69, 9.17) is 5.73 Å². The maximum atomic E-state index is 12.1. The molecule has 0 aliphatic heterocycles. The number of nitrogens with zero attached hydrogens (tertiary/aromatic N) is 3. The van der Waals surface area contributed by atoms with Crippen LogP contribution in [0.4, 0.5) is 0 Å². The summed E-state index contributed by atoms with van der Waals surface area (Å²) in [6.45, 7) is 0.521. The molecule has 0 bridgehead atoms. The van der Waals surface area contributed by atoms with E-state index < -0.39 is 0 Å². The van der Waals surface area contributed by atoms with Crippen molar-refractivity contribution >= 4 is 11.6 Å². The number of rotatable bonds is 4. The zero-order valence-electron chi connectivity index (χ0n) is 11.7. The van der Waals surface area contributed by atoms with Gasteiger partial charge in [0.1, 0.15) is 6.54 Å². The number of pyridine rings is 1. The number of nitrogens with one attached hydrogen (secondary N) is 1. The minimum atomic E-state index is -0.303. The van der Waals surface area contributed by atoms with Crippen LogP contribution in [0, 0.1) is 5.92 Å². The molecule has 7 heteroatoms. The Morgan fingerprint density at radius 1 is 1.43 bits per heavy atom. The fourth-order valence-corrected chi connectivity index (χ4v) is 2.97. The van der Waals surface area contributed by atoms with Crippen LogP contribution in [0.2, 0.25) is 0 Å². The molecule has 7 nitrogen and oxygen atoms in total. The van der Waals surface area contributed by atoms with Crippen LogP contribution in [0.25, 0.3) is 5.65 Å². The lowest BCUT2D eigenvalue weighted by molar-refractivity contribution is -0.122. The molecule has 3 N–H and O–H groups in total. The third-order valence-electron chi connectivity index (χ3n) is 4.09. The van der Waals surface area contributed by atoms with Gasteiger partial charge in [0, 0.05) is 12.2 Å². The second-order valence-electron chi connectivity index (χ2n) is 5.47. The Balaban J connectivity index is 1.72. The Hall–Kier alpha value is -2.15. The van der Waals surface area contributed by atoms with Crippen molar-refractivity contribution in [2.45, 2.75) is 31.8 Å². The van der Waals surface area contributed by atoms with E-state index in [0.717, 1.165) is 19.3 Å². The highest BCUT2D eigenvalue weighted by molar-refractivity contribution is 5.76. The third kappa shape index (κ3) is 2.69. The van der Waals surface area contributed by atoms with Crippen LogP contribution in [-0.4, -0.2) is 32.7 Å². The van der Waals surface area contributed by atoms with Crippen molar-refractivity contribution in [1.82, 2.24) is 19.5 Å². The summed E-state index contributed by atoms with van der Waals surface area (Å²) in [5, 5.41) is 7.12. The van der Waals surface area contributed by atoms with Crippen molar-refractivity contribution in [3.05, 3.63) is 34.9 Å². The number of nitrogens with two attached hydrogens (primary N) is 1. The van der Waals surface area contributed by atoms with Gasteiger partial charge in [0.2, 0.25) is 5.91 Å². The van der Waals surface area contributed by atoms with E-state index in [9.17, 15) is 9.59 Å². The molecule has 1 aliphatic carbocycles. The highest BCUT2D eigenvalue weighted by Crippen LogP contribution is 2.24. The molecule has 0 radical (unpaired) electrons. The van der Waals surface area contributed by atoms with Crippen LogP contribution in [-0.2, 0) is 11.3 Å². The van der Waals surface area contributed by atoms with Gasteiger partial charge in [-0.1, -0.05) is 12.5 Å². The first-order chi connectivity index (χ1) is 10.2. The van der Waals surface area contributed by atoms with E-state index >= 15 is 0 Å². The second-order valence-corrected chi connectivity index (χ2v) is 5.47. The maximum absolute atomic E-state index is 12.1. The maximum Gasteiger partial charge on any atom is 0.350 e. The first-order valence-corrected chi connectivity index (χ1v) is 7.22. The van der Waals surface area contributed by atoms with E-state index in [1.165, 1.54) is 9.08 Å². The minimum absolute atomic E-state index is 0.0612. The van der Waals surface area contributed by atoms with Crippen LogP contribution >= 0.6 is 0 Å². The monoisotopic (exact) mass is 289 g/mol. The van der Waals surface area contributed by atoms with Gasteiger partial charge in [0.05, 0.1) is 0 Å². The van der Waals surface area contributed by atoms with Crippen molar-refractivity contribution < 1.29 is 4.79 Å². The van der Waals surface area contributed by atoms with E-state index in [0.29, 0.717) is 18.1 Å². The second kappa shape index (κ2) is 5.69. The van der Waals surface area contributed by atoms with Gasteiger partial charge in [-0.15, -0.1) is 5.10 Å². The number of hydrogen-bond donors (Lipinski definition) is 2. The molecule has 1 fully saturated rings. The van der Waals surface area contributed by atoms with E-state index in [-0.39, 0.29) is 24.2 Å². The molecule has 3 rings (SSSR count). The van der Waals surface area contributed by atoms with Crippen LogP contribution in [0.5, 0.6) is 0 Å². The predicted molar refractivity (Wildman–Crippen MR) is 77.8 cm³/mol. The number of aromatic nitrogens is 3. The molecular weight excluding hydrogens is 270 g/mol. The summed E-state index contributed by atoms with van der Waals surface area (Å²) in [4.78, 5) is 24.2. The van der Waals surface area contributed by atoms with Gasteiger partial charge in [-0.3, -0.25) is 9.20 Å². The predicted octanol–water partition coefficient (Wildman–Crippen LogP) is -0.260. The first-order valence-electron chi connectivity index (χ1n) is 7.22. The van der Waals surface area contributed by atoms with Crippen LogP contribution in [0.1, 0.15) is 19.3 Å². The van der Waals surface area contributed by atoms with Crippen molar-refractivity contribution in [1.29, 1.82) is 0 Å². The van der Waals surface area contributed by atoms with Crippen molar-refractivity contribution in [3.63, 3.8) is 0 Å². The van der Waals surface area contributed by atoms with Gasteiger partial charge in [-0.25, -0.2) is 9.48 Å². The Morgan fingerprint density at radius 2 is 2.29 bits per heavy atom. The first kappa shape index (κ1) is 13.8. The molecule has 1 saturated carbocycles. The Bertz CT molecular complexity index is 705. The fraction of sp³-hybridized carbons (Fsp3) is 0.500. The van der Waals surface area contributed by atoms with E-state index in [1.54, 1.807) is 24.4 Å². The molecular formula is C14H19N5O2. The summed E-state index contributed by atoms with van der Waals surface area (Å²) >= 11 is 0. The third-order valence-corrected chi connectivity index (χ3v) is 4.09. The smallest absolute Gasteiger partial charge is 0.350 e. The van der Waals surface area contributed by atoms with Gasteiger partial charge in [-0.2, -0.15) is 0 Å². The average Bonchev–Trinajstić information content (AvgIpc) is 3.05. The molecule has 21 heavy (non-hydrogen) atoms. The van der Waals surface area contributed by atoms with Crippen molar-refractivity contribution in [2.75, 3.05) is 6.54 Å². The van der Waals surface area contributed by atoms with Gasteiger partial charge >= 0.3 is 5.69 Å². The highest BCUT2D eigenvalue weighted by Gasteiger charge is 2.27. The number of carbonyl (C=O) groups excluding carboxylic acids is 1. The number of fused-ring (bicyclic) bond motifs is 1. The van der Waals surface area contributed by atoms with Gasteiger partial charge < -0.3 is 11.1 Å². The largest absolute Gasteiger partial charge is 0.351 e. The Labute approximate surface area is 121 Å². The summed E-state index contributed by atoms with van der Waals surface area (Å²) in [7, 11) is 0. The molecule has 112 valence electrons. The Kier molecular flexibility index (Phi) is 3.74. The van der Waals surface area contributed by atoms with Crippen molar-refractivity contribution in [3.8, 4) is 0 Å². The number of carbonyl (C=O) groups is 1. The molecule has 2 heterocycles. The molecule has 2 aromatic rings. The summed E-state index contributed by atoms with van der Waals surface area (Å²) < 4.78 is 2.61. The quantitative estimate of drug-likeness (QED) is 0.810. The van der Waals surface area contributed by atoms with Gasteiger partial charge in [-0.05, 0) is 37.4 Å². The lowest BCUT2D eigenvalue weighted by Gasteiger charge is -2.19. The van der Waals surface area contributed by atoms with E-state index in [2.05, 4.69) is 10.4 Å². The lowest BCUT2D eigenvalue weighted by Crippen LogP contribution is -2.42.